The van der Waals surface area contributed by atoms with Crippen molar-refractivity contribution < 1.29 is 5.11 Å². The van der Waals surface area contributed by atoms with E-state index in [1.165, 1.54) is 5.56 Å². The van der Waals surface area contributed by atoms with E-state index in [2.05, 4.69) is 71.1 Å². The summed E-state index contributed by atoms with van der Waals surface area (Å²) in [6.45, 7) is 13.1. The van der Waals surface area contributed by atoms with Crippen molar-refractivity contribution in [3.63, 3.8) is 0 Å². The van der Waals surface area contributed by atoms with Crippen molar-refractivity contribution >= 4 is 0 Å². The Kier molecular flexibility index (Phi) is 5.17. The Labute approximate surface area is 118 Å². The minimum atomic E-state index is -0.369. The Bertz CT molecular complexity index is 391. The van der Waals surface area contributed by atoms with Crippen LogP contribution in [0, 0.1) is 0 Å². The molecule has 0 bridgehead atoms. The monoisotopic (exact) mass is 263 g/mol. The normalized spacial score (nSPS) is 17.0. The van der Waals surface area contributed by atoms with Gasteiger partial charge in [0.05, 0.1) is 12.1 Å². The van der Waals surface area contributed by atoms with Crippen LogP contribution in [-0.4, -0.2) is 17.8 Å². The summed E-state index contributed by atoms with van der Waals surface area (Å²) < 4.78 is 0. The van der Waals surface area contributed by atoms with Gasteiger partial charge in [-0.15, -0.1) is 0 Å². The molecule has 1 aromatic carbocycles. The summed E-state index contributed by atoms with van der Waals surface area (Å²) in [6, 6.07) is 8.99. The molecule has 0 aromatic heterocycles. The quantitative estimate of drug-likeness (QED) is 0.851. The van der Waals surface area contributed by atoms with Gasteiger partial charge in [0.25, 0.3) is 0 Å². The van der Waals surface area contributed by atoms with Crippen molar-refractivity contribution in [2.24, 2.45) is 0 Å². The first-order chi connectivity index (χ1) is 8.73. The molecule has 2 unspecified atom stereocenters. The fourth-order valence-corrected chi connectivity index (χ4v) is 2.20. The van der Waals surface area contributed by atoms with E-state index in [1.54, 1.807) is 0 Å². The Morgan fingerprint density at radius 3 is 1.89 bits per heavy atom. The molecule has 0 aliphatic heterocycles. The topological polar surface area (TPSA) is 32.3 Å². The molecule has 0 saturated carbocycles. The van der Waals surface area contributed by atoms with E-state index in [4.69, 9.17) is 0 Å². The second-order valence-corrected chi connectivity index (χ2v) is 6.77. The average Bonchev–Trinajstić information content (AvgIpc) is 2.37. The second-order valence-electron chi connectivity index (χ2n) is 6.77. The summed E-state index contributed by atoms with van der Waals surface area (Å²) in [5, 5.41) is 13.3. The van der Waals surface area contributed by atoms with E-state index < -0.39 is 0 Å². The Morgan fingerprint density at radius 1 is 1.05 bits per heavy atom. The van der Waals surface area contributed by atoms with Crippen molar-refractivity contribution in [1.29, 1.82) is 0 Å². The highest BCUT2D eigenvalue weighted by Gasteiger charge is 2.27. The largest absolute Gasteiger partial charge is 0.394 e. The highest BCUT2D eigenvalue weighted by molar-refractivity contribution is 5.31. The lowest BCUT2D eigenvalue weighted by molar-refractivity contribution is 0.162. The van der Waals surface area contributed by atoms with Gasteiger partial charge in [0, 0.05) is 6.04 Å². The van der Waals surface area contributed by atoms with Crippen molar-refractivity contribution in [2.45, 2.75) is 65.0 Å². The molecule has 2 nitrogen and oxygen atoms in total. The fraction of sp³-hybridized carbons (Fsp3) is 0.647. The lowest BCUT2D eigenvalue weighted by atomic mass is 9.84. The summed E-state index contributed by atoms with van der Waals surface area (Å²) in [5.41, 5.74) is 2.26. The number of rotatable bonds is 5. The maximum absolute atomic E-state index is 9.75. The van der Waals surface area contributed by atoms with Crippen molar-refractivity contribution in [2.75, 3.05) is 6.61 Å². The molecule has 0 fully saturated rings. The van der Waals surface area contributed by atoms with Crippen LogP contribution in [0.4, 0.5) is 0 Å². The van der Waals surface area contributed by atoms with E-state index >= 15 is 0 Å². The first kappa shape index (κ1) is 16.2. The summed E-state index contributed by atoms with van der Waals surface area (Å²) in [4.78, 5) is 0. The molecular weight excluding hydrogens is 234 g/mol. The predicted octanol–water partition coefficient (Wildman–Crippen LogP) is 3.58. The van der Waals surface area contributed by atoms with E-state index in [9.17, 15) is 5.11 Å². The molecule has 2 heteroatoms. The van der Waals surface area contributed by atoms with Crippen LogP contribution in [0.15, 0.2) is 24.3 Å². The van der Waals surface area contributed by atoms with Crippen LogP contribution in [0.1, 0.15) is 59.1 Å². The third-order valence-electron chi connectivity index (χ3n) is 3.88. The number of aliphatic hydroxyl groups is 1. The van der Waals surface area contributed by atoms with Gasteiger partial charge < -0.3 is 10.4 Å². The highest BCUT2D eigenvalue weighted by Crippen LogP contribution is 2.26. The van der Waals surface area contributed by atoms with Gasteiger partial charge in [-0.25, -0.2) is 0 Å². The minimum absolute atomic E-state index is 0.103. The SMILES string of the molecule is CCC(C)NC(C)(CO)c1ccc(C(C)(C)C)cc1. The lowest BCUT2D eigenvalue weighted by Crippen LogP contribution is -2.47. The van der Waals surface area contributed by atoms with E-state index in [-0.39, 0.29) is 17.6 Å². The molecule has 0 heterocycles. The molecule has 19 heavy (non-hydrogen) atoms. The molecule has 2 N–H and O–H groups in total. The molecule has 0 spiro atoms. The van der Waals surface area contributed by atoms with E-state index in [0.29, 0.717) is 6.04 Å². The third kappa shape index (κ3) is 4.05. The van der Waals surface area contributed by atoms with Crippen molar-refractivity contribution in [3.05, 3.63) is 35.4 Å². The molecule has 0 amide bonds. The van der Waals surface area contributed by atoms with E-state index in [1.807, 2.05) is 0 Å². The molecule has 2 atom stereocenters. The molecule has 0 radical (unpaired) electrons. The Morgan fingerprint density at radius 2 is 1.53 bits per heavy atom. The summed E-state index contributed by atoms with van der Waals surface area (Å²) in [6.07, 6.45) is 1.05. The predicted molar refractivity (Wildman–Crippen MR) is 82.5 cm³/mol. The van der Waals surface area contributed by atoms with Gasteiger partial charge in [-0.05, 0) is 36.8 Å². The molecule has 108 valence electrons. The van der Waals surface area contributed by atoms with Crippen LogP contribution in [0.5, 0.6) is 0 Å². The second kappa shape index (κ2) is 6.06. The molecule has 0 saturated heterocycles. The number of benzene rings is 1. The first-order valence-electron chi connectivity index (χ1n) is 7.22. The third-order valence-corrected chi connectivity index (χ3v) is 3.88. The smallest absolute Gasteiger partial charge is 0.0652 e. The van der Waals surface area contributed by atoms with Gasteiger partial charge in [-0.1, -0.05) is 52.0 Å². The van der Waals surface area contributed by atoms with Crippen LogP contribution in [0.3, 0.4) is 0 Å². The van der Waals surface area contributed by atoms with Crippen molar-refractivity contribution in [1.82, 2.24) is 5.32 Å². The molecule has 1 aromatic rings. The van der Waals surface area contributed by atoms with Gasteiger partial charge in [0.1, 0.15) is 0 Å². The van der Waals surface area contributed by atoms with E-state index in [0.717, 1.165) is 12.0 Å². The standard InChI is InChI=1S/C17H29NO/c1-7-13(2)18-17(6,12-19)15-10-8-14(9-11-15)16(3,4)5/h8-11,13,18-19H,7,12H2,1-6H3. The van der Waals surface area contributed by atoms with Crippen molar-refractivity contribution in [3.8, 4) is 0 Å². The summed E-state index contributed by atoms with van der Waals surface area (Å²) in [7, 11) is 0. The van der Waals surface area contributed by atoms with Gasteiger partial charge in [-0.2, -0.15) is 0 Å². The van der Waals surface area contributed by atoms with Gasteiger partial charge in [0.2, 0.25) is 0 Å². The summed E-state index contributed by atoms with van der Waals surface area (Å²) in [5.74, 6) is 0. The van der Waals surface area contributed by atoms with Crippen LogP contribution >= 0.6 is 0 Å². The highest BCUT2D eigenvalue weighted by atomic mass is 16.3. The number of hydrogen-bond acceptors (Lipinski definition) is 2. The minimum Gasteiger partial charge on any atom is -0.394 e. The summed E-state index contributed by atoms with van der Waals surface area (Å²) >= 11 is 0. The maximum atomic E-state index is 9.75. The number of nitrogens with one attached hydrogen (secondary N) is 1. The molecule has 0 aliphatic carbocycles. The number of hydrogen-bond donors (Lipinski definition) is 2. The number of aliphatic hydroxyl groups excluding tert-OH is 1. The zero-order valence-corrected chi connectivity index (χ0v) is 13.2. The van der Waals surface area contributed by atoms with Gasteiger partial charge in [-0.3, -0.25) is 0 Å². The first-order valence-corrected chi connectivity index (χ1v) is 7.22. The Balaban J connectivity index is 2.99. The molecule has 1 rings (SSSR count). The van der Waals surface area contributed by atoms with Crippen LogP contribution in [0.2, 0.25) is 0 Å². The van der Waals surface area contributed by atoms with Gasteiger partial charge >= 0.3 is 0 Å². The van der Waals surface area contributed by atoms with Crippen LogP contribution in [-0.2, 0) is 11.0 Å². The average molecular weight is 263 g/mol. The van der Waals surface area contributed by atoms with Crippen LogP contribution < -0.4 is 5.32 Å². The lowest BCUT2D eigenvalue weighted by Gasteiger charge is -2.33. The molecule has 0 aliphatic rings. The Hall–Kier alpha value is -0.860. The zero-order chi connectivity index (χ0) is 14.7. The van der Waals surface area contributed by atoms with Gasteiger partial charge in [0.15, 0.2) is 0 Å². The zero-order valence-electron chi connectivity index (χ0n) is 13.2. The fourth-order valence-electron chi connectivity index (χ4n) is 2.20. The van der Waals surface area contributed by atoms with Crippen LogP contribution in [0.25, 0.3) is 0 Å². The molecular formula is C17H29NO. The maximum Gasteiger partial charge on any atom is 0.0652 e.